The molecule has 20 heavy (non-hydrogen) atoms. The molecule has 0 bridgehead atoms. The summed E-state index contributed by atoms with van der Waals surface area (Å²) in [5.74, 6) is -2.10. The topological polar surface area (TPSA) is 97.7 Å². The number of hydrogen-bond donors (Lipinski definition) is 1. The molecule has 0 fully saturated rings. The second kappa shape index (κ2) is 5.72. The van der Waals surface area contributed by atoms with Crippen molar-refractivity contribution in [3.8, 4) is 0 Å². The molecule has 0 aromatic heterocycles. The summed E-state index contributed by atoms with van der Waals surface area (Å²) in [5.41, 5.74) is -1.01. The van der Waals surface area contributed by atoms with Gasteiger partial charge in [-0.3, -0.25) is 13.8 Å². The van der Waals surface area contributed by atoms with Crippen LogP contribution in [0.1, 0.15) is 19.4 Å². The Bertz CT molecular complexity index is 601. The maximum Gasteiger partial charge on any atom is 0.319 e. The average Bonchev–Trinajstić information content (AvgIpc) is 2.36. The molecule has 7 heteroatoms. The Labute approximate surface area is 117 Å². The summed E-state index contributed by atoms with van der Waals surface area (Å²) < 4.78 is 28.5. The van der Waals surface area contributed by atoms with Crippen LogP contribution < -0.4 is 0 Å². The highest BCUT2D eigenvalue weighted by Gasteiger charge is 2.40. The minimum atomic E-state index is -4.09. The van der Waals surface area contributed by atoms with Crippen molar-refractivity contribution in [2.45, 2.75) is 25.7 Å². The average molecular weight is 300 g/mol. The SMILES string of the molecule is CC(=O)C(C)(COS(=O)(=O)c1ccc(C)cc1)C(=O)O. The molecule has 0 amide bonds. The Balaban J connectivity index is 2.95. The zero-order valence-electron chi connectivity index (χ0n) is 11.4. The first-order valence-electron chi connectivity index (χ1n) is 5.80. The second-order valence-electron chi connectivity index (χ2n) is 4.72. The fourth-order valence-electron chi connectivity index (χ4n) is 1.28. The van der Waals surface area contributed by atoms with Gasteiger partial charge in [-0.2, -0.15) is 8.42 Å². The fraction of sp³-hybridized carbons (Fsp3) is 0.385. The first-order chi connectivity index (χ1) is 9.09. The van der Waals surface area contributed by atoms with E-state index in [0.717, 1.165) is 19.4 Å². The predicted molar refractivity (Wildman–Crippen MR) is 70.7 cm³/mol. The molecule has 1 aromatic rings. The zero-order chi connectivity index (χ0) is 15.6. The van der Waals surface area contributed by atoms with Crippen LogP contribution in [0.5, 0.6) is 0 Å². The molecular formula is C13H16O6S. The highest BCUT2D eigenvalue weighted by atomic mass is 32.2. The Morgan fingerprint density at radius 1 is 1.25 bits per heavy atom. The van der Waals surface area contributed by atoms with Crippen molar-refractivity contribution < 1.29 is 27.3 Å². The van der Waals surface area contributed by atoms with Crippen LogP contribution in [0.15, 0.2) is 29.2 Å². The van der Waals surface area contributed by atoms with Gasteiger partial charge in [-0.15, -0.1) is 0 Å². The summed E-state index contributed by atoms with van der Waals surface area (Å²) in [7, 11) is -4.09. The summed E-state index contributed by atoms with van der Waals surface area (Å²) in [6.45, 7) is 3.26. The quantitative estimate of drug-likeness (QED) is 0.629. The Hall–Kier alpha value is -1.73. The van der Waals surface area contributed by atoms with E-state index in [1.165, 1.54) is 12.1 Å². The summed E-state index contributed by atoms with van der Waals surface area (Å²) >= 11 is 0. The molecule has 0 aliphatic heterocycles. The lowest BCUT2D eigenvalue weighted by Crippen LogP contribution is -2.40. The molecule has 0 radical (unpaired) electrons. The number of carbonyl (C=O) groups excluding carboxylic acids is 1. The van der Waals surface area contributed by atoms with Crippen molar-refractivity contribution in [1.29, 1.82) is 0 Å². The van der Waals surface area contributed by atoms with E-state index in [9.17, 15) is 18.0 Å². The second-order valence-corrected chi connectivity index (χ2v) is 6.34. The van der Waals surface area contributed by atoms with Crippen LogP contribution >= 0.6 is 0 Å². The molecule has 0 aliphatic rings. The van der Waals surface area contributed by atoms with Gasteiger partial charge < -0.3 is 5.11 Å². The van der Waals surface area contributed by atoms with Crippen molar-refractivity contribution in [3.05, 3.63) is 29.8 Å². The largest absolute Gasteiger partial charge is 0.480 e. The van der Waals surface area contributed by atoms with E-state index in [4.69, 9.17) is 9.29 Å². The monoisotopic (exact) mass is 300 g/mol. The molecule has 1 unspecified atom stereocenters. The lowest BCUT2D eigenvalue weighted by Gasteiger charge is -2.20. The van der Waals surface area contributed by atoms with Gasteiger partial charge in [-0.1, -0.05) is 17.7 Å². The minimum absolute atomic E-state index is 0.0839. The number of carbonyl (C=O) groups is 2. The maximum absolute atomic E-state index is 11.9. The molecule has 0 spiro atoms. The number of rotatable bonds is 6. The molecule has 1 rings (SSSR count). The van der Waals surface area contributed by atoms with Crippen LogP contribution in [0.2, 0.25) is 0 Å². The molecule has 0 aliphatic carbocycles. The number of carboxylic acids is 1. The summed E-state index contributed by atoms with van der Waals surface area (Å²) in [4.78, 5) is 22.3. The van der Waals surface area contributed by atoms with Crippen molar-refractivity contribution in [1.82, 2.24) is 0 Å². The van der Waals surface area contributed by atoms with Gasteiger partial charge in [0.15, 0.2) is 0 Å². The molecule has 1 N–H and O–H groups in total. The van der Waals surface area contributed by atoms with Gasteiger partial charge in [-0.25, -0.2) is 0 Å². The molecule has 0 heterocycles. The van der Waals surface area contributed by atoms with E-state index in [1.807, 2.05) is 0 Å². The molecule has 6 nitrogen and oxygen atoms in total. The van der Waals surface area contributed by atoms with Gasteiger partial charge in [0.05, 0.1) is 11.5 Å². The van der Waals surface area contributed by atoms with Crippen LogP contribution in [0.25, 0.3) is 0 Å². The van der Waals surface area contributed by atoms with Crippen molar-refractivity contribution in [2.75, 3.05) is 6.61 Å². The third-order valence-electron chi connectivity index (χ3n) is 3.06. The summed E-state index contributed by atoms with van der Waals surface area (Å²) in [5, 5.41) is 9.01. The van der Waals surface area contributed by atoms with Crippen LogP contribution in [0, 0.1) is 12.3 Å². The van der Waals surface area contributed by atoms with E-state index in [-0.39, 0.29) is 4.90 Å². The summed E-state index contributed by atoms with van der Waals surface area (Å²) in [6.07, 6.45) is 0. The van der Waals surface area contributed by atoms with Crippen LogP contribution in [-0.2, 0) is 23.9 Å². The molecule has 110 valence electrons. The van der Waals surface area contributed by atoms with Gasteiger partial charge in [0.2, 0.25) is 0 Å². The Morgan fingerprint density at radius 3 is 2.15 bits per heavy atom. The lowest BCUT2D eigenvalue weighted by atomic mass is 9.88. The standard InChI is InChI=1S/C13H16O6S/c1-9-4-6-11(7-5-9)20(17,18)19-8-13(3,10(2)14)12(15)16/h4-7H,8H2,1-3H3,(H,15,16). The van der Waals surface area contributed by atoms with E-state index < -0.39 is 33.9 Å². The smallest absolute Gasteiger partial charge is 0.319 e. The normalized spacial score (nSPS) is 14.6. The third-order valence-corrected chi connectivity index (χ3v) is 4.34. The molecule has 0 saturated carbocycles. The number of benzene rings is 1. The van der Waals surface area contributed by atoms with E-state index >= 15 is 0 Å². The molecule has 1 atom stereocenters. The summed E-state index contributed by atoms with van der Waals surface area (Å²) in [6, 6.07) is 5.91. The number of aryl methyl sites for hydroxylation is 1. The van der Waals surface area contributed by atoms with Crippen molar-refractivity contribution in [2.24, 2.45) is 5.41 Å². The van der Waals surface area contributed by atoms with E-state index in [0.29, 0.717) is 0 Å². The van der Waals surface area contributed by atoms with Crippen LogP contribution in [-0.4, -0.2) is 31.9 Å². The lowest BCUT2D eigenvalue weighted by molar-refractivity contribution is -0.154. The Kier molecular flexibility index (Phi) is 4.67. The van der Waals surface area contributed by atoms with Gasteiger partial charge in [0.1, 0.15) is 11.2 Å². The van der Waals surface area contributed by atoms with E-state index in [2.05, 4.69) is 0 Å². The number of hydrogen-bond acceptors (Lipinski definition) is 5. The predicted octanol–water partition coefficient (Wildman–Crippen LogP) is 1.38. The number of aliphatic carboxylic acids is 1. The van der Waals surface area contributed by atoms with Gasteiger partial charge in [0, 0.05) is 0 Å². The fourth-order valence-corrected chi connectivity index (χ4v) is 2.28. The van der Waals surface area contributed by atoms with Gasteiger partial charge in [0.25, 0.3) is 10.1 Å². The van der Waals surface area contributed by atoms with Crippen LogP contribution in [0.3, 0.4) is 0 Å². The number of ketones is 1. The first kappa shape index (κ1) is 16.3. The maximum atomic E-state index is 11.9. The molecule has 0 saturated heterocycles. The van der Waals surface area contributed by atoms with Crippen molar-refractivity contribution >= 4 is 21.9 Å². The van der Waals surface area contributed by atoms with Crippen LogP contribution in [0.4, 0.5) is 0 Å². The van der Waals surface area contributed by atoms with E-state index in [1.54, 1.807) is 19.1 Å². The highest BCUT2D eigenvalue weighted by molar-refractivity contribution is 7.86. The molecular weight excluding hydrogens is 284 g/mol. The highest BCUT2D eigenvalue weighted by Crippen LogP contribution is 2.22. The Morgan fingerprint density at radius 2 is 1.75 bits per heavy atom. The van der Waals surface area contributed by atoms with Crippen molar-refractivity contribution in [3.63, 3.8) is 0 Å². The zero-order valence-corrected chi connectivity index (χ0v) is 12.2. The number of carboxylic acid groups (broad SMARTS) is 1. The first-order valence-corrected chi connectivity index (χ1v) is 7.21. The third kappa shape index (κ3) is 3.43. The van der Waals surface area contributed by atoms with Gasteiger partial charge in [-0.05, 0) is 32.9 Å². The van der Waals surface area contributed by atoms with Gasteiger partial charge >= 0.3 is 5.97 Å². The number of Topliss-reactive ketones (excluding diaryl/α,β-unsaturated/α-hetero) is 1. The minimum Gasteiger partial charge on any atom is -0.480 e. The molecule has 1 aromatic carbocycles.